The molecule has 1 aromatic carbocycles. The Bertz CT molecular complexity index is 700. The smallest absolute Gasteiger partial charge is 0.340 e. The first-order valence-electron chi connectivity index (χ1n) is 8.17. The van der Waals surface area contributed by atoms with Crippen LogP contribution in [0, 0.1) is 0 Å². The van der Waals surface area contributed by atoms with E-state index in [0.717, 1.165) is 13.8 Å². The molecule has 1 aromatic rings. The van der Waals surface area contributed by atoms with Crippen LogP contribution in [0.2, 0.25) is 0 Å². The molecule has 1 fully saturated rings. The first kappa shape index (κ1) is 20.4. The maximum absolute atomic E-state index is 12.3. The van der Waals surface area contributed by atoms with Gasteiger partial charge in [-0.1, -0.05) is 18.2 Å². The Morgan fingerprint density at radius 3 is 2.00 bits per heavy atom. The van der Waals surface area contributed by atoms with Gasteiger partial charge in [0.25, 0.3) is 0 Å². The summed E-state index contributed by atoms with van der Waals surface area (Å²) in [5.74, 6) is -2.64. The number of carbonyl (C=O) groups is 4. The Morgan fingerprint density at radius 2 is 1.44 bits per heavy atom. The van der Waals surface area contributed by atoms with Crippen molar-refractivity contribution < 1.29 is 42.9 Å². The fourth-order valence-electron chi connectivity index (χ4n) is 2.52. The predicted molar refractivity (Wildman–Crippen MR) is 88.3 cm³/mol. The Hall–Kier alpha value is -2.94. The van der Waals surface area contributed by atoms with Gasteiger partial charge in [0, 0.05) is 20.8 Å². The van der Waals surface area contributed by atoms with Crippen molar-refractivity contribution in [3.63, 3.8) is 0 Å². The molecule has 0 spiro atoms. The Balaban J connectivity index is 2.21. The quantitative estimate of drug-likeness (QED) is 0.526. The average molecular weight is 380 g/mol. The van der Waals surface area contributed by atoms with Crippen LogP contribution in [-0.2, 0) is 38.1 Å². The molecule has 2 rings (SSSR count). The topological polar surface area (TPSA) is 114 Å². The van der Waals surface area contributed by atoms with Gasteiger partial charge in [0.05, 0.1) is 5.56 Å². The summed E-state index contributed by atoms with van der Waals surface area (Å²) in [5, 5.41) is 0. The molecule has 9 nitrogen and oxygen atoms in total. The third-order valence-corrected chi connectivity index (χ3v) is 3.56. The third kappa shape index (κ3) is 5.78. The number of hydrogen-bond donors (Lipinski definition) is 0. The molecule has 0 amide bonds. The molecular weight excluding hydrogens is 360 g/mol. The average Bonchev–Trinajstić information content (AvgIpc) is 2.89. The van der Waals surface area contributed by atoms with Gasteiger partial charge in [-0.25, -0.2) is 4.79 Å². The molecule has 0 N–H and O–H groups in total. The second kappa shape index (κ2) is 9.13. The fourth-order valence-corrected chi connectivity index (χ4v) is 2.52. The van der Waals surface area contributed by atoms with Crippen molar-refractivity contribution >= 4 is 23.9 Å². The lowest BCUT2D eigenvalue weighted by Crippen LogP contribution is -2.42. The number of esters is 4. The summed E-state index contributed by atoms with van der Waals surface area (Å²) < 4.78 is 26.1. The van der Waals surface area contributed by atoms with Crippen molar-refractivity contribution in [2.24, 2.45) is 0 Å². The van der Waals surface area contributed by atoms with Gasteiger partial charge in [0.1, 0.15) is 12.7 Å². The van der Waals surface area contributed by atoms with Gasteiger partial charge in [-0.2, -0.15) is 0 Å². The fraction of sp³-hybridized carbons (Fsp3) is 0.444. The van der Waals surface area contributed by atoms with Gasteiger partial charge >= 0.3 is 23.9 Å². The Kier molecular flexibility index (Phi) is 6.89. The van der Waals surface area contributed by atoms with E-state index in [1.165, 1.54) is 19.1 Å². The molecule has 1 aliphatic rings. The minimum atomic E-state index is -1.34. The highest BCUT2D eigenvalue weighted by Crippen LogP contribution is 2.29. The second-order valence-electron chi connectivity index (χ2n) is 5.76. The van der Waals surface area contributed by atoms with Crippen molar-refractivity contribution in [3.8, 4) is 0 Å². The maximum Gasteiger partial charge on any atom is 0.340 e. The van der Waals surface area contributed by atoms with Crippen LogP contribution in [0.25, 0.3) is 0 Å². The van der Waals surface area contributed by atoms with Gasteiger partial charge in [-0.05, 0) is 12.1 Å². The lowest BCUT2D eigenvalue weighted by atomic mass is 10.1. The Morgan fingerprint density at radius 1 is 0.852 bits per heavy atom. The van der Waals surface area contributed by atoms with Crippen LogP contribution in [0.4, 0.5) is 0 Å². The zero-order valence-electron chi connectivity index (χ0n) is 15.1. The van der Waals surface area contributed by atoms with Crippen LogP contribution >= 0.6 is 0 Å². The molecule has 0 unspecified atom stereocenters. The largest absolute Gasteiger partial charge is 0.463 e. The van der Waals surface area contributed by atoms with E-state index in [0.29, 0.717) is 0 Å². The van der Waals surface area contributed by atoms with E-state index in [1.54, 1.807) is 18.2 Å². The molecular formula is C18H20O9. The summed E-state index contributed by atoms with van der Waals surface area (Å²) in [7, 11) is 0. The summed E-state index contributed by atoms with van der Waals surface area (Å²) in [4.78, 5) is 46.3. The zero-order chi connectivity index (χ0) is 20.0. The van der Waals surface area contributed by atoms with Crippen LogP contribution in [0.5, 0.6) is 0 Å². The third-order valence-electron chi connectivity index (χ3n) is 3.56. The molecule has 1 aliphatic heterocycles. The molecule has 4 atom stereocenters. The molecule has 0 saturated carbocycles. The van der Waals surface area contributed by atoms with Gasteiger partial charge < -0.3 is 23.7 Å². The van der Waals surface area contributed by atoms with Gasteiger partial charge in [-0.3, -0.25) is 14.4 Å². The highest BCUT2D eigenvalue weighted by atomic mass is 16.8. The monoisotopic (exact) mass is 380 g/mol. The molecule has 0 aromatic heterocycles. The molecule has 1 heterocycles. The van der Waals surface area contributed by atoms with E-state index >= 15 is 0 Å². The highest BCUT2D eigenvalue weighted by Gasteiger charge is 2.51. The summed E-state index contributed by atoms with van der Waals surface area (Å²) >= 11 is 0. The SMILES string of the molecule is CC(=O)OC[C@@H]1O[C@@H](OC(=O)c2ccccc2)[C@@H](OC(C)=O)[C@H]1OC(C)=O. The first-order chi connectivity index (χ1) is 12.8. The van der Waals surface area contributed by atoms with E-state index in [9.17, 15) is 19.2 Å². The van der Waals surface area contributed by atoms with E-state index in [-0.39, 0.29) is 12.2 Å². The van der Waals surface area contributed by atoms with Crippen molar-refractivity contribution in [1.82, 2.24) is 0 Å². The maximum atomic E-state index is 12.3. The van der Waals surface area contributed by atoms with Gasteiger partial charge in [0.15, 0.2) is 6.10 Å². The van der Waals surface area contributed by atoms with E-state index in [1.807, 2.05) is 0 Å². The van der Waals surface area contributed by atoms with Crippen LogP contribution in [0.1, 0.15) is 31.1 Å². The van der Waals surface area contributed by atoms with E-state index < -0.39 is 48.5 Å². The Labute approximate surface area is 155 Å². The molecule has 27 heavy (non-hydrogen) atoms. The standard InChI is InChI=1S/C18H20O9/c1-10(19)23-9-14-15(24-11(2)20)16(25-12(3)21)18(26-14)27-17(22)13-7-5-4-6-8-13/h4-8,14-16,18H,9H2,1-3H3/t14-,15-,16-,18-/m0/s1. The number of rotatable bonds is 6. The number of hydrogen-bond acceptors (Lipinski definition) is 9. The molecule has 0 radical (unpaired) electrons. The normalized spacial score (nSPS) is 24.0. The van der Waals surface area contributed by atoms with E-state index in [4.69, 9.17) is 23.7 Å². The van der Waals surface area contributed by atoms with Crippen molar-refractivity contribution in [3.05, 3.63) is 35.9 Å². The lowest BCUT2D eigenvalue weighted by Gasteiger charge is -2.22. The number of carbonyl (C=O) groups excluding carboxylic acids is 4. The zero-order valence-corrected chi connectivity index (χ0v) is 15.1. The van der Waals surface area contributed by atoms with Crippen LogP contribution in [-0.4, -0.2) is 55.1 Å². The number of benzene rings is 1. The number of ether oxygens (including phenoxy) is 5. The minimum absolute atomic E-state index is 0.259. The van der Waals surface area contributed by atoms with Crippen LogP contribution in [0.3, 0.4) is 0 Å². The summed E-state index contributed by atoms with van der Waals surface area (Å²) in [5.41, 5.74) is 0.259. The summed E-state index contributed by atoms with van der Waals surface area (Å²) in [6.45, 7) is 3.24. The van der Waals surface area contributed by atoms with Gasteiger partial charge in [0.2, 0.25) is 12.4 Å². The van der Waals surface area contributed by atoms with Crippen LogP contribution < -0.4 is 0 Å². The molecule has 1 saturated heterocycles. The summed E-state index contributed by atoms with van der Waals surface area (Å²) in [6, 6.07) is 8.12. The molecule has 146 valence electrons. The molecule has 9 heteroatoms. The van der Waals surface area contributed by atoms with E-state index in [2.05, 4.69) is 0 Å². The van der Waals surface area contributed by atoms with Crippen molar-refractivity contribution in [2.75, 3.05) is 6.61 Å². The summed E-state index contributed by atoms with van der Waals surface area (Å²) in [6.07, 6.45) is -4.64. The lowest BCUT2D eigenvalue weighted by molar-refractivity contribution is -0.175. The minimum Gasteiger partial charge on any atom is -0.463 e. The first-order valence-corrected chi connectivity index (χ1v) is 8.17. The van der Waals surface area contributed by atoms with Crippen molar-refractivity contribution in [2.45, 2.75) is 45.4 Å². The molecule has 0 bridgehead atoms. The predicted octanol–water partition coefficient (Wildman–Crippen LogP) is 0.995. The molecule has 0 aliphatic carbocycles. The highest BCUT2D eigenvalue weighted by molar-refractivity contribution is 5.89. The van der Waals surface area contributed by atoms with Crippen LogP contribution in [0.15, 0.2) is 30.3 Å². The van der Waals surface area contributed by atoms with Crippen molar-refractivity contribution in [1.29, 1.82) is 0 Å². The second-order valence-corrected chi connectivity index (χ2v) is 5.76. The van der Waals surface area contributed by atoms with Gasteiger partial charge in [-0.15, -0.1) is 0 Å².